The molecule has 0 bridgehead atoms. The van der Waals surface area contributed by atoms with E-state index < -0.39 is 30.1 Å². The topological polar surface area (TPSA) is 116 Å². The highest BCUT2D eigenvalue weighted by molar-refractivity contribution is 5.76. The molecular formula is C21H30N2O6. The van der Waals surface area contributed by atoms with E-state index in [0.29, 0.717) is 32.4 Å². The zero-order valence-corrected chi connectivity index (χ0v) is 16.9. The van der Waals surface area contributed by atoms with Crippen LogP contribution < -0.4 is 5.32 Å². The number of benzene rings is 1. The summed E-state index contributed by atoms with van der Waals surface area (Å²) in [4.78, 5) is 36.8. The molecule has 0 saturated carbocycles. The van der Waals surface area contributed by atoms with Crippen LogP contribution in [0.4, 0.5) is 4.79 Å². The number of likely N-dealkylation sites (tertiary alicyclic amines) is 1. The summed E-state index contributed by atoms with van der Waals surface area (Å²) >= 11 is 0. The summed E-state index contributed by atoms with van der Waals surface area (Å²) in [6.07, 6.45) is 0.200. The molecule has 8 nitrogen and oxygen atoms in total. The molecule has 0 aliphatic carbocycles. The van der Waals surface area contributed by atoms with E-state index in [4.69, 9.17) is 4.74 Å². The summed E-state index contributed by atoms with van der Waals surface area (Å²) in [6, 6.07) is 8.22. The largest absolute Gasteiger partial charge is 0.481 e. The van der Waals surface area contributed by atoms with Crippen LogP contribution in [0.1, 0.15) is 38.7 Å². The molecule has 2 unspecified atom stereocenters. The van der Waals surface area contributed by atoms with Gasteiger partial charge in [0.25, 0.3) is 0 Å². The monoisotopic (exact) mass is 406 g/mol. The zero-order chi connectivity index (χ0) is 21.4. The second kappa shape index (κ2) is 10.8. The Morgan fingerprint density at radius 1 is 1.21 bits per heavy atom. The lowest BCUT2D eigenvalue weighted by atomic mass is 9.87. The Labute approximate surface area is 170 Å². The van der Waals surface area contributed by atoms with E-state index in [-0.39, 0.29) is 18.5 Å². The maximum absolute atomic E-state index is 12.5. The van der Waals surface area contributed by atoms with Gasteiger partial charge in [-0.3, -0.25) is 9.59 Å². The van der Waals surface area contributed by atoms with Gasteiger partial charge < -0.3 is 25.2 Å². The van der Waals surface area contributed by atoms with E-state index >= 15 is 0 Å². The maximum Gasteiger partial charge on any atom is 0.407 e. The Morgan fingerprint density at radius 3 is 2.48 bits per heavy atom. The first kappa shape index (κ1) is 22.7. The van der Waals surface area contributed by atoms with Crippen LogP contribution in [0.2, 0.25) is 0 Å². The molecule has 29 heavy (non-hydrogen) atoms. The van der Waals surface area contributed by atoms with Gasteiger partial charge >= 0.3 is 18.0 Å². The van der Waals surface area contributed by atoms with Crippen molar-refractivity contribution in [3.8, 4) is 0 Å². The van der Waals surface area contributed by atoms with E-state index in [1.54, 1.807) is 0 Å². The van der Waals surface area contributed by atoms with Crippen LogP contribution >= 0.6 is 0 Å². The first-order valence-corrected chi connectivity index (χ1v) is 9.97. The van der Waals surface area contributed by atoms with Gasteiger partial charge in [-0.1, -0.05) is 44.2 Å². The third-order valence-corrected chi connectivity index (χ3v) is 5.29. The van der Waals surface area contributed by atoms with Gasteiger partial charge in [0.05, 0.1) is 5.92 Å². The summed E-state index contributed by atoms with van der Waals surface area (Å²) in [5.41, 5.74) is 0.895. The van der Waals surface area contributed by atoms with Gasteiger partial charge in [0, 0.05) is 12.6 Å². The average molecular weight is 406 g/mol. The first-order valence-electron chi connectivity index (χ1n) is 9.97. The molecule has 1 aliphatic heterocycles. The molecule has 1 fully saturated rings. The quantitative estimate of drug-likeness (QED) is 0.540. The number of rotatable bonds is 9. The Balaban J connectivity index is 1.93. The van der Waals surface area contributed by atoms with Gasteiger partial charge in [0.15, 0.2) is 0 Å². The van der Waals surface area contributed by atoms with Crippen molar-refractivity contribution in [2.75, 3.05) is 13.1 Å². The Morgan fingerprint density at radius 2 is 1.90 bits per heavy atom. The number of aliphatic carboxylic acids is 1. The number of ether oxygens (including phenoxy) is 1. The number of hydrogen-bond acceptors (Lipinski definition) is 5. The number of carbonyl (C=O) groups is 3. The van der Waals surface area contributed by atoms with Crippen LogP contribution in [0.15, 0.2) is 30.3 Å². The van der Waals surface area contributed by atoms with Crippen molar-refractivity contribution in [2.45, 2.75) is 51.8 Å². The Bertz CT molecular complexity index is 672. The molecule has 0 spiro atoms. The van der Waals surface area contributed by atoms with E-state index in [1.165, 1.54) is 4.90 Å². The molecule has 1 saturated heterocycles. The van der Waals surface area contributed by atoms with Crippen LogP contribution in [-0.2, 0) is 20.9 Å². The average Bonchev–Trinajstić information content (AvgIpc) is 2.69. The summed E-state index contributed by atoms with van der Waals surface area (Å²) in [7, 11) is 0. The molecule has 0 aromatic heterocycles. The van der Waals surface area contributed by atoms with Crippen molar-refractivity contribution in [1.29, 1.82) is 0 Å². The Kier molecular flexibility index (Phi) is 8.45. The zero-order valence-electron chi connectivity index (χ0n) is 16.9. The molecular weight excluding hydrogens is 376 g/mol. The molecule has 1 amide bonds. The van der Waals surface area contributed by atoms with Crippen LogP contribution in [0.5, 0.6) is 0 Å². The van der Waals surface area contributed by atoms with E-state index in [9.17, 15) is 24.6 Å². The predicted octanol–water partition coefficient (Wildman–Crippen LogP) is 2.58. The lowest BCUT2D eigenvalue weighted by molar-refractivity contribution is -0.149. The highest BCUT2D eigenvalue weighted by Gasteiger charge is 2.38. The normalized spacial score (nSPS) is 20.3. The molecule has 1 aromatic carbocycles. The van der Waals surface area contributed by atoms with Gasteiger partial charge in [0.2, 0.25) is 0 Å². The molecule has 3 atom stereocenters. The smallest absolute Gasteiger partial charge is 0.407 e. The molecule has 1 heterocycles. The van der Waals surface area contributed by atoms with Crippen molar-refractivity contribution >= 4 is 18.0 Å². The number of carboxylic acid groups (broad SMARTS) is 2. The van der Waals surface area contributed by atoms with Gasteiger partial charge in [-0.05, 0) is 37.3 Å². The number of nitrogens with one attached hydrogen (secondary N) is 1. The number of nitrogens with zero attached hydrogens (tertiary/aromatic N) is 1. The molecule has 2 rings (SSSR count). The summed E-state index contributed by atoms with van der Waals surface area (Å²) < 4.78 is 5.41. The molecule has 1 aliphatic rings. The maximum atomic E-state index is 12.5. The third-order valence-electron chi connectivity index (χ3n) is 5.29. The summed E-state index contributed by atoms with van der Waals surface area (Å²) in [5, 5.41) is 22.0. The van der Waals surface area contributed by atoms with Gasteiger partial charge in [-0.15, -0.1) is 0 Å². The fourth-order valence-electron chi connectivity index (χ4n) is 3.74. The number of piperidine rings is 1. The summed E-state index contributed by atoms with van der Waals surface area (Å²) in [5.74, 6) is -2.12. The standard InChI is InChI=1S/C21H30N2O6/c1-14(2)18(20(26)29-13-15-7-4-3-5-8-15)22-11-10-17-16(19(24)25)9-6-12-23(17)21(27)28/h3-5,7-8,14,16-18,22H,6,9-13H2,1-2H3,(H,24,25)(H,27,28)/t16?,17?,18-/m0/s1. The molecule has 8 heteroatoms. The highest BCUT2D eigenvalue weighted by Crippen LogP contribution is 2.26. The van der Waals surface area contributed by atoms with Gasteiger partial charge in [-0.25, -0.2) is 4.79 Å². The third kappa shape index (κ3) is 6.45. The second-order valence-corrected chi connectivity index (χ2v) is 7.69. The number of esters is 1. The van der Waals surface area contributed by atoms with E-state index in [0.717, 1.165) is 5.56 Å². The Hall–Kier alpha value is -2.61. The fourth-order valence-corrected chi connectivity index (χ4v) is 3.74. The molecule has 1 aromatic rings. The fraction of sp³-hybridized carbons (Fsp3) is 0.571. The number of hydrogen-bond donors (Lipinski definition) is 3. The van der Waals surface area contributed by atoms with Gasteiger partial charge in [-0.2, -0.15) is 0 Å². The van der Waals surface area contributed by atoms with E-state index in [2.05, 4.69) is 5.32 Å². The van der Waals surface area contributed by atoms with Crippen molar-refractivity contribution in [1.82, 2.24) is 10.2 Å². The number of carboxylic acids is 1. The van der Waals surface area contributed by atoms with Crippen LogP contribution in [0.3, 0.4) is 0 Å². The predicted molar refractivity (Wildman–Crippen MR) is 106 cm³/mol. The van der Waals surface area contributed by atoms with Crippen molar-refractivity contribution in [2.24, 2.45) is 11.8 Å². The van der Waals surface area contributed by atoms with Crippen molar-refractivity contribution in [3.63, 3.8) is 0 Å². The minimum Gasteiger partial charge on any atom is -0.481 e. The lowest BCUT2D eigenvalue weighted by Gasteiger charge is -2.38. The molecule has 160 valence electrons. The van der Waals surface area contributed by atoms with Crippen LogP contribution in [0.25, 0.3) is 0 Å². The number of amides is 1. The first-order chi connectivity index (χ1) is 13.8. The highest BCUT2D eigenvalue weighted by atomic mass is 16.5. The molecule has 0 radical (unpaired) electrons. The van der Waals surface area contributed by atoms with Gasteiger partial charge in [0.1, 0.15) is 12.6 Å². The van der Waals surface area contributed by atoms with Crippen LogP contribution in [-0.4, -0.2) is 58.3 Å². The van der Waals surface area contributed by atoms with Crippen molar-refractivity contribution < 1.29 is 29.3 Å². The minimum atomic E-state index is -1.11. The minimum absolute atomic E-state index is 0.0320. The summed E-state index contributed by atoms with van der Waals surface area (Å²) in [6.45, 7) is 4.62. The lowest BCUT2D eigenvalue weighted by Crippen LogP contribution is -2.52. The second-order valence-electron chi connectivity index (χ2n) is 7.69. The number of carbonyl (C=O) groups excluding carboxylic acids is 1. The van der Waals surface area contributed by atoms with Crippen LogP contribution in [0, 0.1) is 11.8 Å². The molecule has 3 N–H and O–H groups in total. The SMILES string of the molecule is CC(C)[C@H](NCCC1C(C(=O)O)CCCN1C(=O)O)C(=O)OCc1ccccc1. The van der Waals surface area contributed by atoms with Crippen molar-refractivity contribution in [3.05, 3.63) is 35.9 Å². The van der Waals surface area contributed by atoms with E-state index in [1.807, 2.05) is 44.2 Å².